The second-order valence-corrected chi connectivity index (χ2v) is 5.22. The van der Waals surface area contributed by atoms with Crippen molar-refractivity contribution < 1.29 is 9.47 Å². The van der Waals surface area contributed by atoms with Crippen LogP contribution < -0.4 is 14.8 Å². The zero-order valence-electron chi connectivity index (χ0n) is 12.2. The molecule has 21 heavy (non-hydrogen) atoms. The molecule has 0 amide bonds. The lowest BCUT2D eigenvalue weighted by atomic mass is 10.2. The van der Waals surface area contributed by atoms with Gasteiger partial charge in [-0.25, -0.2) is 0 Å². The van der Waals surface area contributed by atoms with Crippen molar-refractivity contribution in [2.45, 2.75) is 32.9 Å². The van der Waals surface area contributed by atoms with Crippen molar-refractivity contribution >= 4 is 0 Å². The number of ether oxygens (including phenoxy) is 2. The predicted octanol–water partition coefficient (Wildman–Crippen LogP) is 1.32. The molecular weight excluding hydrogens is 270 g/mol. The number of benzene rings is 1. The van der Waals surface area contributed by atoms with E-state index in [1.165, 1.54) is 0 Å². The second-order valence-electron chi connectivity index (χ2n) is 5.22. The van der Waals surface area contributed by atoms with E-state index in [2.05, 4.69) is 34.7 Å². The van der Waals surface area contributed by atoms with Crippen molar-refractivity contribution in [3.63, 3.8) is 0 Å². The molecule has 7 nitrogen and oxygen atoms in total. The molecule has 112 valence electrons. The molecule has 0 fully saturated rings. The zero-order chi connectivity index (χ0) is 14.7. The van der Waals surface area contributed by atoms with Gasteiger partial charge >= 0.3 is 0 Å². The van der Waals surface area contributed by atoms with Gasteiger partial charge in [-0.2, -0.15) is 4.68 Å². The molecule has 7 heteroatoms. The van der Waals surface area contributed by atoms with Crippen LogP contribution in [-0.4, -0.2) is 39.5 Å². The van der Waals surface area contributed by atoms with Gasteiger partial charge < -0.3 is 14.8 Å². The summed E-state index contributed by atoms with van der Waals surface area (Å²) < 4.78 is 13.0. The van der Waals surface area contributed by atoms with Gasteiger partial charge in [-0.15, -0.1) is 5.10 Å². The summed E-state index contributed by atoms with van der Waals surface area (Å²) in [7, 11) is 0. The fourth-order valence-corrected chi connectivity index (χ4v) is 2.10. The van der Waals surface area contributed by atoms with Crippen LogP contribution in [0.3, 0.4) is 0 Å². The molecule has 2 heterocycles. The Balaban J connectivity index is 1.87. The molecule has 3 rings (SSSR count). The first kappa shape index (κ1) is 13.8. The second kappa shape index (κ2) is 6.09. The SMILES string of the molecule is CC(C)NCc1nnnn1-c1ccc2c(c1)OCCCO2. The van der Waals surface area contributed by atoms with Crippen molar-refractivity contribution in [3.8, 4) is 17.2 Å². The Morgan fingerprint density at radius 3 is 2.86 bits per heavy atom. The molecule has 2 aromatic rings. The molecule has 1 aromatic carbocycles. The van der Waals surface area contributed by atoms with E-state index in [0.717, 1.165) is 29.4 Å². The van der Waals surface area contributed by atoms with Gasteiger partial charge in [0.25, 0.3) is 0 Å². The molecule has 1 N–H and O–H groups in total. The maximum atomic E-state index is 5.70. The van der Waals surface area contributed by atoms with Gasteiger partial charge in [0.05, 0.1) is 25.4 Å². The van der Waals surface area contributed by atoms with Crippen LogP contribution in [0.25, 0.3) is 5.69 Å². The molecule has 0 unspecified atom stereocenters. The summed E-state index contributed by atoms with van der Waals surface area (Å²) in [6.07, 6.45) is 0.887. The molecule has 1 aliphatic heterocycles. The molecule has 0 aliphatic carbocycles. The van der Waals surface area contributed by atoms with Gasteiger partial charge in [-0.3, -0.25) is 0 Å². The lowest BCUT2D eigenvalue weighted by Gasteiger charge is -2.11. The monoisotopic (exact) mass is 289 g/mol. The fourth-order valence-electron chi connectivity index (χ4n) is 2.10. The van der Waals surface area contributed by atoms with Gasteiger partial charge in [0.15, 0.2) is 17.3 Å². The van der Waals surface area contributed by atoms with Gasteiger partial charge in [-0.05, 0) is 22.6 Å². The molecule has 0 atom stereocenters. The fraction of sp³-hybridized carbons (Fsp3) is 0.500. The first-order valence-electron chi connectivity index (χ1n) is 7.14. The molecule has 0 saturated carbocycles. The molecule has 1 aliphatic rings. The summed E-state index contributed by atoms with van der Waals surface area (Å²) >= 11 is 0. The largest absolute Gasteiger partial charge is 0.490 e. The molecule has 0 radical (unpaired) electrons. The first-order chi connectivity index (χ1) is 10.2. The Hall–Kier alpha value is -2.15. The molecule has 0 saturated heterocycles. The maximum absolute atomic E-state index is 5.70. The minimum atomic E-state index is 0.374. The highest BCUT2D eigenvalue weighted by atomic mass is 16.5. The van der Waals surface area contributed by atoms with Crippen molar-refractivity contribution in [1.82, 2.24) is 25.5 Å². The Kier molecular flexibility index (Phi) is 4.01. The Morgan fingerprint density at radius 2 is 2.05 bits per heavy atom. The lowest BCUT2D eigenvalue weighted by Crippen LogP contribution is -2.24. The minimum Gasteiger partial charge on any atom is -0.490 e. The smallest absolute Gasteiger partial charge is 0.170 e. The third kappa shape index (κ3) is 3.13. The van der Waals surface area contributed by atoms with E-state index in [-0.39, 0.29) is 0 Å². The molecule has 0 spiro atoms. The molecule has 1 aromatic heterocycles. The number of tetrazole rings is 1. The zero-order valence-corrected chi connectivity index (χ0v) is 12.2. The third-order valence-corrected chi connectivity index (χ3v) is 3.18. The van der Waals surface area contributed by atoms with E-state index < -0.39 is 0 Å². The van der Waals surface area contributed by atoms with Gasteiger partial charge in [0, 0.05) is 18.5 Å². The highest BCUT2D eigenvalue weighted by Gasteiger charge is 2.14. The summed E-state index contributed by atoms with van der Waals surface area (Å²) in [5, 5.41) is 15.2. The van der Waals surface area contributed by atoms with Crippen molar-refractivity contribution in [2.24, 2.45) is 0 Å². The number of hydrogen-bond donors (Lipinski definition) is 1. The number of fused-ring (bicyclic) bond motifs is 1. The number of rotatable bonds is 4. The van der Waals surface area contributed by atoms with Crippen molar-refractivity contribution in [1.29, 1.82) is 0 Å². The first-order valence-corrected chi connectivity index (χ1v) is 7.14. The van der Waals surface area contributed by atoms with Crippen molar-refractivity contribution in [3.05, 3.63) is 24.0 Å². The van der Waals surface area contributed by atoms with Crippen LogP contribution in [0.2, 0.25) is 0 Å². The van der Waals surface area contributed by atoms with Crippen LogP contribution in [0.5, 0.6) is 11.5 Å². The standard InChI is InChI=1S/C14H19N5O2/c1-10(2)15-9-14-16-17-18-19(14)11-4-5-12-13(8-11)21-7-3-6-20-12/h4-5,8,10,15H,3,6-7,9H2,1-2H3. The number of aromatic nitrogens is 4. The summed E-state index contributed by atoms with van der Waals surface area (Å²) in [6, 6.07) is 6.12. The van der Waals surface area contributed by atoms with Crippen LogP contribution in [0.15, 0.2) is 18.2 Å². The van der Waals surface area contributed by atoms with Crippen LogP contribution in [0, 0.1) is 0 Å². The Bertz CT molecular complexity index is 611. The van der Waals surface area contributed by atoms with E-state index in [4.69, 9.17) is 9.47 Å². The van der Waals surface area contributed by atoms with Gasteiger partial charge in [0.2, 0.25) is 0 Å². The van der Waals surface area contributed by atoms with Crippen molar-refractivity contribution in [2.75, 3.05) is 13.2 Å². The Morgan fingerprint density at radius 1 is 1.24 bits per heavy atom. The summed E-state index contributed by atoms with van der Waals surface area (Å²) in [4.78, 5) is 0. The third-order valence-electron chi connectivity index (χ3n) is 3.18. The van der Waals surface area contributed by atoms with Gasteiger partial charge in [-0.1, -0.05) is 13.8 Å². The highest BCUT2D eigenvalue weighted by Crippen LogP contribution is 2.31. The lowest BCUT2D eigenvalue weighted by molar-refractivity contribution is 0.297. The number of nitrogens with zero attached hydrogens (tertiary/aromatic N) is 4. The quantitative estimate of drug-likeness (QED) is 0.915. The maximum Gasteiger partial charge on any atom is 0.170 e. The molecular formula is C14H19N5O2. The van der Waals surface area contributed by atoms with Crippen LogP contribution >= 0.6 is 0 Å². The van der Waals surface area contributed by atoms with Crippen LogP contribution in [0.4, 0.5) is 0 Å². The summed E-state index contributed by atoms with van der Waals surface area (Å²) in [6.45, 7) is 6.12. The minimum absolute atomic E-state index is 0.374. The highest BCUT2D eigenvalue weighted by molar-refractivity contribution is 5.49. The van der Waals surface area contributed by atoms with Crippen LogP contribution in [-0.2, 0) is 6.54 Å². The number of nitrogens with one attached hydrogen (secondary N) is 1. The Labute approximate surface area is 123 Å². The van der Waals surface area contributed by atoms with Gasteiger partial charge in [0.1, 0.15) is 0 Å². The van der Waals surface area contributed by atoms with E-state index in [1.807, 2.05) is 18.2 Å². The molecule has 0 bridgehead atoms. The van der Waals surface area contributed by atoms with E-state index in [1.54, 1.807) is 4.68 Å². The average Bonchev–Trinajstić information content (AvgIpc) is 2.82. The normalized spacial score (nSPS) is 14.2. The van der Waals surface area contributed by atoms with E-state index in [0.29, 0.717) is 25.8 Å². The van der Waals surface area contributed by atoms with E-state index >= 15 is 0 Å². The summed E-state index contributed by atoms with van der Waals surface area (Å²) in [5.74, 6) is 2.27. The number of hydrogen-bond acceptors (Lipinski definition) is 6. The summed E-state index contributed by atoms with van der Waals surface area (Å²) in [5.41, 5.74) is 0.866. The van der Waals surface area contributed by atoms with Crippen LogP contribution in [0.1, 0.15) is 26.1 Å². The topological polar surface area (TPSA) is 74.1 Å². The predicted molar refractivity (Wildman–Crippen MR) is 76.7 cm³/mol. The average molecular weight is 289 g/mol. The van der Waals surface area contributed by atoms with E-state index in [9.17, 15) is 0 Å².